The number of methoxy groups -OCH3 is 1. The molecule has 0 amide bonds. The number of ether oxygens (including phenoxy) is 1. The first-order chi connectivity index (χ1) is 12.9. The Morgan fingerprint density at radius 2 is 1.81 bits per heavy atom. The summed E-state index contributed by atoms with van der Waals surface area (Å²) in [6.07, 6.45) is 0.256. The number of sulfonamides is 1. The molecule has 9 heteroatoms. The van der Waals surface area contributed by atoms with E-state index in [0.717, 1.165) is 11.3 Å². The van der Waals surface area contributed by atoms with Gasteiger partial charge in [0.2, 0.25) is 21.7 Å². The maximum atomic E-state index is 12.9. The highest BCUT2D eigenvalue weighted by atomic mass is 32.2. The third-order valence-corrected chi connectivity index (χ3v) is 5.10. The maximum absolute atomic E-state index is 12.9. The van der Waals surface area contributed by atoms with Crippen LogP contribution in [0.4, 0.5) is 4.39 Å². The van der Waals surface area contributed by atoms with Crippen LogP contribution < -0.4 is 9.46 Å². The number of halogens is 1. The van der Waals surface area contributed by atoms with Gasteiger partial charge in [-0.3, -0.25) is 0 Å². The molecule has 0 aliphatic carbocycles. The Bertz CT molecular complexity index is 986. The molecular weight excluding hydrogens is 373 g/mol. The van der Waals surface area contributed by atoms with Gasteiger partial charge < -0.3 is 9.26 Å². The van der Waals surface area contributed by atoms with Crippen LogP contribution in [-0.2, 0) is 22.2 Å². The predicted molar refractivity (Wildman–Crippen MR) is 97.0 cm³/mol. The van der Waals surface area contributed by atoms with Crippen molar-refractivity contribution in [2.24, 2.45) is 0 Å². The van der Waals surface area contributed by atoms with Crippen molar-refractivity contribution in [2.75, 3.05) is 13.7 Å². The maximum Gasteiger partial charge on any atom is 0.228 e. The fourth-order valence-electron chi connectivity index (χ4n) is 2.38. The first-order valence-electron chi connectivity index (χ1n) is 8.14. The Morgan fingerprint density at radius 1 is 1.11 bits per heavy atom. The van der Waals surface area contributed by atoms with E-state index in [1.54, 1.807) is 31.4 Å². The van der Waals surface area contributed by atoms with Gasteiger partial charge in [0.15, 0.2) is 0 Å². The lowest BCUT2D eigenvalue weighted by Gasteiger charge is -2.05. The molecule has 7 nitrogen and oxygen atoms in total. The molecule has 3 aromatic rings. The van der Waals surface area contributed by atoms with Crippen molar-refractivity contribution < 1.29 is 22.1 Å². The quantitative estimate of drug-likeness (QED) is 0.634. The predicted octanol–water partition coefficient (Wildman–Crippen LogP) is 2.55. The van der Waals surface area contributed by atoms with Crippen LogP contribution in [0.25, 0.3) is 11.4 Å². The van der Waals surface area contributed by atoms with Gasteiger partial charge in [-0.1, -0.05) is 17.3 Å². The van der Waals surface area contributed by atoms with E-state index in [1.807, 2.05) is 0 Å². The zero-order valence-electron chi connectivity index (χ0n) is 14.6. The fourth-order valence-corrected chi connectivity index (χ4v) is 3.52. The van der Waals surface area contributed by atoms with Gasteiger partial charge in [0, 0.05) is 18.5 Å². The van der Waals surface area contributed by atoms with Crippen LogP contribution >= 0.6 is 0 Å². The summed E-state index contributed by atoms with van der Waals surface area (Å²) in [6.45, 7) is 0.119. The molecule has 0 bridgehead atoms. The fraction of sp³-hybridized carbons (Fsp3) is 0.222. The monoisotopic (exact) mass is 391 g/mol. The Labute approximate surface area is 156 Å². The van der Waals surface area contributed by atoms with Crippen LogP contribution in [-0.4, -0.2) is 32.2 Å². The average molecular weight is 391 g/mol. The molecule has 1 aromatic heterocycles. The standard InChI is InChI=1S/C18H18FN3O4S/c1-25-16-8-4-14(5-9-16)18-21-17(26-22-18)10-11-20-27(23,24)12-13-2-6-15(19)7-3-13/h2-9,20H,10-12H2,1H3. The Morgan fingerprint density at radius 3 is 2.48 bits per heavy atom. The number of benzene rings is 2. The normalized spacial score (nSPS) is 11.5. The Hall–Kier alpha value is -2.78. The topological polar surface area (TPSA) is 94.3 Å². The lowest BCUT2D eigenvalue weighted by Crippen LogP contribution is -2.27. The van der Waals surface area contributed by atoms with Gasteiger partial charge in [-0.05, 0) is 42.0 Å². The molecule has 0 fully saturated rings. The van der Waals surface area contributed by atoms with Gasteiger partial charge in [0.05, 0.1) is 12.9 Å². The summed E-state index contributed by atoms with van der Waals surface area (Å²) in [5.74, 6) is 0.826. The van der Waals surface area contributed by atoms with Crippen LogP contribution in [0.3, 0.4) is 0 Å². The van der Waals surface area contributed by atoms with Gasteiger partial charge in [-0.25, -0.2) is 17.5 Å². The molecule has 2 aromatic carbocycles. The molecule has 1 N–H and O–H groups in total. The van der Waals surface area contributed by atoms with E-state index < -0.39 is 15.8 Å². The zero-order chi connectivity index (χ0) is 19.3. The molecule has 0 aliphatic heterocycles. The van der Waals surface area contributed by atoms with Crippen molar-refractivity contribution in [3.63, 3.8) is 0 Å². The van der Waals surface area contributed by atoms with Gasteiger partial charge >= 0.3 is 0 Å². The number of hydrogen-bond acceptors (Lipinski definition) is 6. The second kappa shape index (κ2) is 8.28. The van der Waals surface area contributed by atoms with E-state index in [1.165, 1.54) is 24.3 Å². The molecule has 0 saturated heterocycles. The summed E-state index contributed by atoms with van der Waals surface area (Å²) in [4.78, 5) is 4.25. The zero-order valence-corrected chi connectivity index (χ0v) is 15.4. The summed E-state index contributed by atoms with van der Waals surface area (Å²) >= 11 is 0. The second-order valence-corrected chi connectivity index (χ2v) is 7.58. The van der Waals surface area contributed by atoms with Crippen LogP contribution in [0.5, 0.6) is 5.75 Å². The van der Waals surface area contributed by atoms with Crippen molar-refractivity contribution in [3.05, 3.63) is 65.8 Å². The van der Waals surface area contributed by atoms with Crippen molar-refractivity contribution >= 4 is 10.0 Å². The van der Waals surface area contributed by atoms with E-state index in [2.05, 4.69) is 14.9 Å². The molecule has 142 valence electrons. The number of nitrogens with one attached hydrogen (secondary N) is 1. The Balaban J connectivity index is 1.54. The molecule has 1 heterocycles. The smallest absolute Gasteiger partial charge is 0.228 e. The SMILES string of the molecule is COc1ccc(-c2noc(CCNS(=O)(=O)Cc3ccc(F)cc3)n2)cc1. The minimum absolute atomic E-state index is 0.119. The third-order valence-electron chi connectivity index (χ3n) is 3.75. The van der Waals surface area contributed by atoms with Gasteiger partial charge in [-0.2, -0.15) is 4.98 Å². The second-order valence-electron chi connectivity index (χ2n) is 5.77. The Kier molecular flexibility index (Phi) is 5.82. The van der Waals surface area contributed by atoms with Crippen LogP contribution in [0.15, 0.2) is 53.1 Å². The van der Waals surface area contributed by atoms with Gasteiger partial charge in [-0.15, -0.1) is 0 Å². The molecule has 0 aliphatic rings. The minimum Gasteiger partial charge on any atom is -0.497 e. The van der Waals surface area contributed by atoms with E-state index >= 15 is 0 Å². The van der Waals surface area contributed by atoms with Crippen LogP contribution in [0, 0.1) is 5.82 Å². The summed E-state index contributed by atoms with van der Waals surface area (Å²) < 4.78 is 49.8. The van der Waals surface area contributed by atoms with Crippen LogP contribution in [0.2, 0.25) is 0 Å². The van der Waals surface area contributed by atoms with E-state index in [4.69, 9.17) is 9.26 Å². The third kappa shape index (κ3) is 5.35. The highest BCUT2D eigenvalue weighted by Crippen LogP contribution is 2.19. The molecule has 0 spiro atoms. The van der Waals surface area contributed by atoms with Crippen LogP contribution in [0.1, 0.15) is 11.5 Å². The summed E-state index contributed by atoms with van der Waals surface area (Å²) in [7, 11) is -1.96. The van der Waals surface area contributed by atoms with Gasteiger partial charge in [0.25, 0.3) is 0 Å². The largest absolute Gasteiger partial charge is 0.497 e. The van der Waals surface area contributed by atoms with Crippen molar-refractivity contribution in [3.8, 4) is 17.1 Å². The van der Waals surface area contributed by atoms with E-state index in [0.29, 0.717) is 17.3 Å². The average Bonchev–Trinajstić information content (AvgIpc) is 3.12. The highest BCUT2D eigenvalue weighted by Gasteiger charge is 2.13. The molecule has 0 saturated carbocycles. The lowest BCUT2D eigenvalue weighted by atomic mass is 10.2. The number of nitrogens with zero attached hydrogens (tertiary/aromatic N) is 2. The van der Waals surface area contributed by atoms with E-state index in [-0.39, 0.29) is 18.7 Å². The molecular formula is C18H18FN3O4S. The summed E-state index contributed by atoms with van der Waals surface area (Å²) in [5.41, 5.74) is 1.27. The lowest BCUT2D eigenvalue weighted by molar-refractivity contribution is 0.379. The van der Waals surface area contributed by atoms with E-state index in [9.17, 15) is 12.8 Å². The number of rotatable bonds is 8. The molecule has 0 unspecified atom stereocenters. The summed E-state index contributed by atoms with van der Waals surface area (Å²) in [5, 5.41) is 3.89. The summed E-state index contributed by atoms with van der Waals surface area (Å²) in [6, 6.07) is 12.5. The first-order valence-corrected chi connectivity index (χ1v) is 9.79. The highest BCUT2D eigenvalue weighted by molar-refractivity contribution is 7.88. The number of aromatic nitrogens is 2. The molecule has 3 rings (SSSR count). The van der Waals surface area contributed by atoms with Gasteiger partial charge in [0.1, 0.15) is 11.6 Å². The molecule has 0 radical (unpaired) electrons. The molecule has 27 heavy (non-hydrogen) atoms. The van der Waals surface area contributed by atoms with Crippen molar-refractivity contribution in [1.29, 1.82) is 0 Å². The first kappa shape index (κ1) is 19.0. The minimum atomic E-state index is -3.55. The molecule has 0 atom stereocenters. The van der Waals surface area contributed by atoms with Crippen molar-refractivity contribution in [1.82, 2.24) is 14.9 Å². The number of hydrogen-bond donors (Lipinski definition) is 1. The van der Waals surface area contributed by atoms with Crippen molar-refractivity contribution in [2.45, 2.75) is 12.2 Å².